The molecule has 0 heterocycles. The first-order valence-electron chi connectivity index (χ1n) is 3.09. The van der Waals surface area contributed by atoms with Crippen molar-refractivity contribution in [3.8, 4) is 0 Å². The summed E-state index contributed by atoms with van der Waals surface area (Å²) in [5, 5.41) is 2.99. The highest BCUT2D eigenvalue weighted by molar-refractivity contribution is 5.71. The van der Waals surface area contributed by atoms with Gasteiger partial charge in [0.2, 0.25) is 0 Å². The molecule has 9 heavy (non-hydrogen) atoms. The number of allylic oxidation sites excluding steroid dienone is 1. The molecule has 2 heteroatoms. The molecule has 0 aliphatic heterocycles. The van der Waals surface area contributed by atoms with E-state index in [1.165, 1.54) is 0 Å². The second-order valence-electron chi connectivity index (χ2n) is 1.98. The van der Waals surface area contributed by atoms with Crippen molar-refractivity contribution in [3.63, 3.8) is 0 Å². The summed E-state index contributed by atoms with van der Waals surface area (Å²) < 4.78 is 0. The van der Waals surface area contributed by atoms with Crippen LogP contribution >= 0.6 is 0 Å². The number of nitrogens with one attached hydrogen (secondary N) is 1. The maximum absolute atomic E-state index is 9.98. The molecular formula is C7H13NO. The molecule has 0 rings (SSSR count). The maximum atomic E-state index is 9.98. The van der Waals surface area contributed by atoms with Crippen molar-refractivity contribution in [2.75, 3.05) is 13.6 Å². The molecule has 0 atom stereocenters. The minimum Gasteiger partial charge on any atom is -0.320 e. The average Bonchev–Trinajstić information content (AvgIpc) is 1.89. The van der Waals surface area contributed by atoms with Gasteiger partial charge >= 0.3 is 0 Å². The van der Waals surface area contributed by atoms with Gasteiger partial charge in [0.1, 0.15) is 6.29 Å². The minimum absolute atomic E-state index is 0.685. The van der Waals surface area contributed by atoms with Gasteiger partial charge in [0, 0.05) is 0 Å². The van der Waals surface area contributed by atoms with Gasteiger partial charge in [-0.3, -0.25) is 4.79 Å². The summed E-state index contributed by atoms with van der Waals surface area (Å²) in [6.07, 6.45) is 2.62. The second kappa shape index (κ2) is 5.51. The molecule has 0 aliphatic rings. The zero-order chi connectivity index (χ0) is 7.11. The van der Waals surface area contributed by atoms with Crippen molar-refractivity contribution in [1.82, 2.24) is 5.32 Å². The number of carbonyl (C=O) groups is 1. The quantitative estimate of drug-likeness (QED) is 0.335. The highest BCUT2D eigenvalue weighted by Gasteiger charge is 1.88. The average molecular weight is 127 g/mol. The monoisotopic (exact) mass is 127 g/mol. The lowest BCUT2D eigenvalue weighted by Gasteiger charge is -1.95. The van der Waals surface area contributed by atoms with E-state index in [1.807, 2.05) is 7.05 Å². The third-order valence-corrected chi connectivity index (χ3v) is 1.09. The lowest BCUT2D eigenvalue weighted by molar-refractivity contribution is -0.105. The van der Waals surface area contributed by atoms with Crippen LogP contribution in [0, 0.1) is 0 Å². The first-order valence-corrected chi connectivity index (χ1v) is 3.09. The lowest BCUT2D eigenvalue weighted by Crippen LogP contribution is -2.07. The molecule has 0 fully saturated rings. The Kier molecular flexibility index (Phi) is 5.12. The van der Waals surface area contributed by atoms with E-state index in [4.69, 9.17) is 0 Å². The molecule has 0 aromatic carbocycles. The van der Waals surface area contributed by atoms with E-state index in [-0.39, 0.29) is 0 Å². The summed E-state index contributed by atoms with van der Waals surface area (Å²) >= 11 is 0. The lowest BCUT2D eigenvalue weighted by atomic mass is 10.2. The zero-order valence-electron chi connectivity index (χ0n) is 5.81. The maximum Gasteiger partial charge on any atom is 0.145 e. The first kappa shape index (κ1) is 8.37. The smallest absolute Gasteiger partial charge is 0.145 e. The molecule has 1 N–H and O–H groups in total. The van der Waals surface area contributed by atoms with E-state index in [2.05, 4.69) is 11.9 Å². The van der Waals surface area contributed by atoms with Gasteiger partial charge in [-0.15, -0.1) is 0 Å². The Morgan fingerprint density at radius 3 is 2.89 bits per heavy atom. The Morgan fingerprint density at radius 2 is 2.44 bits per heavy atom. The predicted octanol–water partition coefficient (Wildman–Crippen LogP) is 0.741. The summed E-state index contributed by atoms with van der Waals surface area (Å²) in [7, 11) is 1.89. The van der Waals surface area contributed by atoms with E-state index in [1.54, 1.807) is 0 Å². The number of hydrogen-bond donors (Lipinski definition) is 1. The molecule has 0 aliphatic carbocycles. The van der Waals surface area contributed by atoms with Crippen LogP contribution in [0.1, 0.15) is 12.8 Å². The van der Waals surface area contributed by atoms with Gasteiger partial charge in [-0.1, -0.05) is 6.58 Å². The molecule has 2 nitrogen and oxygen atoms in total. The van der Waals surface area contributed by atoms with E-state index in [0.717, 1.165) is 25.7 Å². The Labute approximate surface area is 56.0 Å². The van der Waals surface area contributed by atoms with Crippen LogP contribution < -0.4 is 5.32 Å². The Bertz CT molecular complexity index is 99.1. The topological polar surface area (TPSA) is 29.1 Å². The fraction of sp³-hybridized carbons (Fsp3) is 0.571. The van der Waals surface area contributed by atoms with Gasteiger partial charge in [-0.05, 0) is 32.0 Å². The van der Waals surface area contributed by atoms with Gasteiger partial charge in [-0.25, -0.2) is 0 Å². The van der Waals surface area contributed by atoms with Gasteiger partial charge in [0.05, 0.1) is 0 Å². The van der Waals surface area contributed by atoms with Crippen LogP contribution in [0.3, 0.4) is 0 Å². The van der Waals surface area contributed by atoms with Gasteiger partial charge < -0.3 is 5.32 Å². The molecule has 0 saturated carbocycles. The fourth-order valence-electron chi connectivity index (χ4n) is 0.551. The van der Waals surface area contributed by atoms with Crippen LogP contribution in [0.2, 0.25) is 0 Å². The van der Waals surface area contributed by atoms with Gasteiger partial charge in [0.25, 0.3) is 0 Å². The van der Waals surface area contributed by atoms with Crippen molar-refractivity contribution in [1.29, 1.82) is 0 Å². The van der Waals surface area contributed by atoms with E-state index in [9.17, 15) is 4.79 Å². The Hall–Kier alpha value is -0.630. The Balaban J connectivity index is 3.07. The van der Waals surface area contributed by atoms with Crippen molar-refractivity contribution in [2.45, 2.75) is 12.8 Å². The molecule has 52 valence electrons. The molecule has 0 bridgehead atoms. The largest absolute Gasteiger partial charge is 0.320 e. The van der Waals surface area contributed by atoms with E-state index in [0.29, 0.717) is 5.57 Å². The van der Waals surface area contributed by atoms with Crippen LogP contribution in [-0.4, -0.2) is 19.9 Å². The molecule has 0 radical (unpaired) electrons. The molecular weight excluding hydrogens is 114 g/mol. The van der Waals surface area contributed by atoms with E-state index >= 15 is 0 Å². The minimum atomic E-state index is 0.685. The summed E-state index contributed by atoms with van der Waals surface area (Å²) in [6, 6.07) is 0. The van der Waals surface area contributed by atoms with Crippen LogP contribution in [-0.2, 0) is 4.79 Å². The number of carbonyl (C=O) groups excluding carboxylic acids is 1. The molecule has 0 saturated heterocycles. The highest BCUT2D eigenvalue weighted by atomic mass is 16.1. The predicted molar refractivity (Wildman–Crippen MR) is 38.4 cm³/mol. The fourth-order valence-corrected chi connectivity index (χ4v) is 0.551. The summed E-state index contributed by atoms with van der Waals surface area (Å²) in [6.45, 7) is 4.50. The Morgan fingerprint density at radius 1 is 1.78 bits per heavy atom. The second-order valence-corrected chi connectivity index (χ2v) is 1.98. The van der Waals surface area contributed by atoms with Gasteiger partial charge in [0.15, 0.2) is 0 Å². The first-order chi connectivity index (χ1) is 4.31. The van der Waals surface area contributed by atoms with Crippen molar-refractivity contribution >= 4 is 6.29 Å². The van der Waals surface area contributed by atoms with Crippen molar-refractivity contribution in [2.24, 2.45) is 0 Å². The van der Waals surface area contributed by atoms with Crippen molar-refractivity contribution < 1.29 is 4.79 Å². The molecule has 0 aromatic heterocycles. The third kappa shape index (κ3) is 5.24. The molecule has 0 amide bonds. The third-order valence-electron chi connectivity index (χ3n) is 1.09. The summed E-state index contributed by atoms with van der Waals surface area (Å²) in [5.41, 5.74) is 0.685. The van der Waals surface area contributed by atoms with Gasteiger partial charge in [-0.2, -0.15) is 0 Å². The molecule has 0 aromatic rings. The van der Waals surface area contributed by atoms with Crippen LogP contribution in [0.4, 0.5) is 0 Å². The summed E-state index contributed by atoms with van der Waals surface area (Å²) in [4.78, 5) is 9.98. The van der Waals surface area contributed by atoms with Crippen LogP contribution in [0.15, 0.2) is 12.2 Å². The normalized spacial score (nSPS) is 9.00. The SMILES string of the molecule is C=C(C=O)CCCNC. The van der Waals surface area contributed by atoms with Crippen molar-refractivity contribution in [3.05, 3.63) is 12.2 Å². The molecule has 0 spiro atoms. The standard InChI is InChI=1S/C7H13NO/c1-7(6-9)4-3-5-8-2/h6,8H,1,3-5H2,2H3. The van der Waals surface area contributed by atoms with E-state index < -0.39 is 0 Å². The van der Waals surface area contributed by atoms with Crippen LogP contribution in [0.25, 0.3) is 0 Å². The number of aldehydes is 1. The van der Waals surface area contributed by atoms with Crippen LogP contribution in [0.5, 0.6) is 0 Å². The zero-order valence-corrected chi connectivity index (χ0v) is 5.81. The number of hydrogen-bond acceptors (Lipinski definition) is 2. The number of rotatable bonds is 5. The summed E-state index contributed by atoms with van der Waals surface area (Å²) in [5.74, 6) is 0. The highest BCUT2D eigenvalue weighted by Crippen LogP contribution is 1.95. The molecule has 0 unspecified atom stereocenters.